The summed E-state index contributed by atoms with van der Waals surface area (Å²) in [6.45, 7) is 3.38. The predicted octanol–water partition coefficient (Wildman–Crippen LogP) is 0.603. The van der Waals surface area contributed by atoms with Gasteiger partial charge in [0.1, 0.15) is 0 Å². The summed E-state index contributed by atoms with van der Waals surface area (Å²) in [4.78, 5) is 29.6. The summed E-state index contributed by atoms with van der Waals surface area (Å²) in [6.07, 6.45) is 6.81. The van der Waals surface area contributed by atoms with E-state index in [1.165, 1.54) is 23.7 Å². The van der Waals surface area contributed by atoms with Gasteiger partial charge in [-0.3, -0.25) is 14.6 Å². The van der Waals surface area contributed by atoms with Gasteiger partial charge in [-0.1, -0.05) is 0 Å². The second-order valence-corrected chi connectivity index (χ2v) is 5.44. The third kappa shape index (κ3) is 7.43. The number of H-pyrrole nitrogens is 1. The lowest BCUT2D eigenvalue weighted by atomic mass is 9.89. The number of aliphatic imine (C=N–C) groups is 1. The Morgan fingerprint density at radius 2 is 1.96 bits per heavy atom. The van der Waals surface area contributed by atoms with Crippen molar-refractivity contribution in [1.82, 2.24) is 9.88 Å². The smallest absolute Gasteiger partial charge is 0.335 e. The van der Waals surface area contributed by atoms with Gasteiger partial charge in [-0.15, -0.1) is 0 Å². The van der Waals surface area contributed by atoms with Crippen molar-refractivity contribution < 1.29 is 23.1 Å². The first-order valence-electron chi connectivity index (χ1n) is 7.77. The number of likely N-dealkylation sites (tertiary alicyclic amines) is 1. The fraction of sp³-hybridized carbons (Fsp3) is 0.438. The van der Waals surface area contributed by atoms with Crippen LogP contribution in [0.3, 0.4) is 0 Å². The zero-order chi connectivity index (χ0) is 19.9. The minimum absolute atomic E-state index is 0.0256. The Morgan fingerprint density at radius 3 is 2.35 bits per heavy atom. The summed E-state index contributed by atoms with van der Waals surface area (Å²) in [5.74, 6) is 0.512. The van der Waals surface area contributed by atoms with Gasteiger partial charge in [-0.25, -0.2) is 0 Å². The van der Waals surface area contributed by atoms with Gasteiger partial charge >= 0.3 is 11.6 Å². The zero-order valence-corrected chi connectivity index (χ0v) is 15.6. The number of carboxylic acid groups (broad SMARTS) is 1. The molecule has 1 saturated heterocycles. The van der Waals surface area contributed by atoms with Crippen LogP contribution in [0.25, 0.3) is 0 Å². The van der Waals surface area contributed by atoms with Gasteiger partial charge in [0.05, 0.1) is 5.57 Å². The first-order chi connectivity index (χ1) is 12.5. The van der Waals surface area contributed by atoms with E-state index in [-0.39, 0.29) is 12.4 Å². The summed E-state index contributed by atoms with van der Waals surface area (Å²) >= 11 is -0.750. The molecule has 1 aliphatic rings. The van der Waals surface area contributed by atoms with E-state index in [1.807, 2.05) is 11.1 Å². The molecule has 26 heavy (non-hydrogen) atoms. The van der Waals surface area contributed by atoms with E-state index >= 15 is 0 Å². The van der Waals surface area contributed by atoms with Crippen molar-refractivity contribution >= 4 is 30.2 Å². The van der Waals surface area contributed by atoms with E-state index in [0.29, 0.717) is 11.5 Å². The van der Waals surface area contributed by atoms with E-state index in [2.05, 4.69) is 23.0 Å². The number of carbonyl (C=O) groups is 2. The van der Waals surface area contributed by atoms with Crippen LogP contribution in [0.15, 0.2) is 29.0 Å². The van der Waals surface area contributed by atoms with Crippen LogP contribution in [0.2, 0.25) is 0 Å². The Labute approximate surface area is 155 Å². The highest BCUT2D eigenvalue weighted by Crippen LogP contribution is 2.30. The van der Waals surface area contributed by atoms with Crippen LogP contribution in [-0.4, -0.2) is 62.1 Å². The molecule has 2 rings (SSSR count). The maximum absolute atomic E-state index is 12.3. The number of hydrogen-bond donors (Lipinski definition) is 3. The normalized spacial score (nSPS) is 14.7. The number of nitrogens with one attached hydrogen (secondary N) is 1. The monoisotopic (exact) mass is 384 g/mol. The van der Waals surface area contributed by atoms with Crippen molar-refractivity contribution in [2.75, 3.05) is 20.1 Å². The standard InChI is InChI=1S/C15H22N4O.CH2O2.O2S/c1-11-14(3-6-18-11)12-4-7-19(8-5-12)15(20)13(9-16)10-17-2;2-1-3;1-3-2/h3,6,9-10,12,18H,4-5,7-8,16H2,1-2H3;1H,(H,2,3);/b13-9+,17-10?;;. The second kappa shape index (κ2) is 13.5. The van der Waals surface area contributed by atoms with Crippen molar-refractivity contribution in [2.24, 2.45) is 10.7 Å². The number of rotatable bonds is 3. The molecule has 1 fully saturated rings. The van der Waals surface area contributed by atoms with Crippen LogP contribution in [0, 0.1) is 6.92 Å². The molecule has 0 aliphatic carbocycles. The number of amides is 1. The minimum Gasteiger partial charge on any atom is -0.483 e. The lowest BCUT2D eigenvalue weighted by molar-refractivity contribution is -0.127. The van der Waals surface area contributed by atoms with Crippen molar-refractivity contribution in [2.45, 2.75) is 25.7 Å². The summed E-state index contributed by atoms with van der Waals surface area (Å²) in [5, 5.41) is 6.89. The Morgan fingerprint density at radius 1 is 1.42 bits per heavy atom. The lowest BCUT2D eigenvalue weighted by Gasteiger charge is -2.32. The summed E-state index contributed by atoms with van der Waals surface area (Å²) in [7, 11) is 1.64. The minimum atomic E-state index is -0.750. The van der Waals surface area contributed by atoms with E-state index in [4.69, 9.17) is 24.1 Å². The zero-order valence-electron chi connectivity index (χ0n) is 14.8. The van der Waals surface area contributed by atoms with Crippen LogP contribution in [0.4, 0.5) is 0 Å². The van der Waals surface area contributed by atoms with Gasteiger partial charge in [-0.05, 0) is 37.3 Å². The average Bonchev–Trinajstić information content (AvgIpc) is 3.06. The van der Waals surface area contributed by atoms with E-state index in [0.717, 1.165) is 25.9 Å². The fourth-order valence-electron chi connectivity index (χ4n) is 2.79. The van der Waals surface area contributed by atoms with Gasteiger partial charge in [0.15, 0.2) is 0 Å². The number of nitrogens with two attached hydrogens (primary N) is 1. The first-order valence-corrected chi connectivity index (χ1v) is 8.44. The topological polar surface area (TPSA) is 146 Å². The van der Waals surface area contributed by atoms with Crippen LogP contribution >= 0.6 is 0 Å². The van der Waals surface area contributed by atoms with Crippen LogP contribution in [-0.2, 0) is 21.2 Å². The fourth-order valence-corrected chi connectivity index (χ4v) is 2.79. The summed E-state index contributed by atoms with van der Waals surface area (Å²) in [6, 6.07) is 2.15. The van der Waals surface area contributed by atoms with Gasteiger partial charge in [0.25, 0.3) is 12.4 Å². The van der Waals surface area contributed by atoms with Gasteiger partial charge < -0.3 is 20.7 Å². The third-order valence-electron chi connectivity index (χ3n) is 3.91. The summed E-state index contributed by atoms with van der Waals surface area (Å²) in [5.41, 5.74) is 8.56. The van der Waals surface area contributed by atoms with Crippen LogP contribution < -0.4 is 5.73 Å². The van der Waals surface area contributed by atoms with Gasteiger partial charge in [-0.2, -0.15) is 8.42 Å². The second-order valence-electron chi connectivity index (χ2n) is 5.31. The number of carbonyl (C=O) groups excluding carboxylic acids is 1. The van der Waals surface area contributed by atoms with Gasteiger partial charge in [0, 0.05) is 44.4 Å². The van der Waals surface area contributed by atoms with Crippen molar-refractivity contribution in [3.63, 3.8) is 0 Å². The molecule has 0 unspecified atom stereocenters. The predicted molar refractivity (Wildman–Crippen MR) is 98.4 cm³/mol. The molecule has 1 aliphatic heterocycles. The first kappa shape index (κ1) is 23.2. The largest absolute Gasteiger partial charge is 0.483 e. The molecule has 1 aromatic heterocycles. The number of aromatic amines is 1. The van der Waals surface area contributed by atoms with E-state index in [9.17, 15) is 4.79 Å². The molecule has 0 aromatic carbocycles. The Bertz CT molecular complexity index is 657. The maximum atomic E-state index is 12.3. The molecule has 10 heteroatoms. The quantitative estimate of drug-likeness (QED) is 0.395. The van der Waals surface area contributed by atoms with Crippen molar-refractivity contribution in [3.8, 4) is 0 Å². The van der Waals surface area contributed by atoms with Crippen LogP contribution in [0.1, 0.15) is 30.0 Å². The van der Waals surface area contributed by atoms with Crippen molar-refractivity contribution in [1.29, 1.82) is 0 Å². The molecular formula is C16H24N4O5S. The molecule has 0 atom stereocenters. The SMILES string of the molecule is CN=C/C(=C\N)C(=O)N1CCC(c2cc[nH]c2C)CC1.O=CO.O=S=O. The van der Waals surface area contributed by atoms with E-state index in [1.54, 1.807) is 7.05 Å². The molecule has 144 valence electrons. The molecule has 0 radical (unpaired) electrons. The Balaban J connectivity index is 0.000000918. The van der Waals surface area contributed by atoms with Crippen LogP contribution in [0.5, 0.6) is 0 Å². The molecule has 1 amide bonds. The highest BCUT2D eigenvalue weighted by Gasteiger charge is 2.26. The maximum Gasteiger partial charge on any atom is 0.335 e. The summed E-state index contributed by atoms with van der Waals surface area (Å²) < 4.78 is 16.6. The average molecular weight is 384 g/mol. The number of hydrogen-bond acceptors (Lipinski definition) is 6. The number of aryl methyl sites for hydroxylation is 1. The Kier molecular flexibility index (Phi) is 12.1. The highest BCUT2D eigenvalue weighted by molar-refractivity contribution is 7.51. The number of piperidine rings is 1. The third-order valence-corrected chi connectivity index (χ3v) is 3.91. The molecular weight excluding hydrogens is 360 g/mol. The molecule has 0 saturated carbocycles. The van der Waals surface area contributed by atoms with Crippen molar-refractivity contribution in [3.05, 3.63) is 35.3 Å². The molecule has 9 nitrogen and oxygen atoms in total. The molecule has 4 N–H and O–H groups in total. The number of nitrogens with zero attached hydrogens (tertiary/aromatic N) is 2. The van der Waals surface area contributed by atoms with E-state index < -0.39 is 11.6 Å². The molecule has 0 spiro atoms. The van der Waals surface area contributed by atoms with Gasteiger partial charge in [0.2, 0.25) is 0 Å². The Hall–Kier alpha value is -2.75. The molecule has 1 aromatic rings. The lowest BCUT2D eigenvalue weighted by Crippen LogP contribution is -2.39. The molecule has 0 bridgehead atoms. The highest BCUT2D eigenvalue weighted by atomic mass is 32.1. The number of aromatic nitrogens is 1. The molecule has 2 heterocycles.